The molecule has 0 spiro atoms. The quantitative estimate of drug-likeness (QED) is 0.783. The second-order valence-corrected chi connectivity index (χ2v) is 7.06. The van der Waals surface area contributed by atoms with Crippen molar-refractivity contribution in [2.24, 2.45) is 0 Å². The Hall–Kier alpha value is -1.79. The number of nitrogens with zero attached hydrogens (tertiary/aromatic N) is 3. The molecule has 0 saturated carbocycles. The highest BCUT2D eigenvalue weighted by Crippen LogP contribution is 2.33. The number of methoxy groups -OCH3 is 1. The van der Waals surface area contributed by atoms with Gasteiger partial charge in [-0.2, -0.15) is 0 Å². The van der Waals surface area contributed by atoms with Crippen molar-refractivity contribution in [3.05, 3.63) is 29.3 Å². The number of anilines is 1. The first kappa shape index (κ1) is 15.7. The lowest BCUT2D eigenvalue weighted by atomic mass is 10.1. The molecule has 3 amide bonds. The molecule has 0 aliphatic carbocycles. The summed E-state index contributed by atoms with van der Waals surface area (Å²) >= 11 is 6.06. The Labute approximate surface area is 145 Å². The van der Waals surface area contributed by atoms with Gasteiger partial charge in [0.25, 0.3) is 5.91 Å². The van der Waals surface area contributed by atoms with Crippen LogP contribution in [0.15, 0.2) is 24.3 Å². The monoisotopic (exact) mass is 349 g/mol. The molecular formula is C17H20ClN3O3. The van der Waals surface area contributed by atoms with Crippen molar-refractivity contribution < 1.29 is 14.3 Å². The third-order valence-corrected chi connectivity index (χ3v) is 5.51. The first-order chi connectivity index (χ1) is 11.6. The number of fused-ring (bicyclic) bond motifs is 1. The van der Waals surface area contributed by atoms with Crippen LogP contribution in [0.5, 0.6) is 0 Å². The number of halogens is 1. The maximum Gasteiger partial charge on any atom is 0.327 e. The lowest BCUT2D eigenvalue weighted by Crippen LogP contribution is -2.44. The summed E-state index contributed by atoms with van der Waals surface area (Å²) in [4.78, 5) is 30.7. The van der Waals surface area contributed by atoms with Gasteiger partial charge in [-0.15, -0.1) is 0 Å². The molecule has 4 rings (SSSR count). The van der Waals surface area contributed by atoms with Crippen molar-refractivity contribution in [2.45, 2.75) is 31.0 Å². The predicted octanol–water partition coefficient (Wildman–Crippen LogP) is 1.97. The normalized spacial score (nSPS) is 29.8. The highest BCUT2D eigenvalue weighted by Gasteiger charge is 2.53. The molecular weight excluding hydrogens is 330 g/mol. The standard InChI is InChI=1S/C17H20ClN3O3/c1-24-14-8-15-16(22)21(17(23)20(15)10-14)13-5-6-19(9-13)12-4-2-3-11(18)7-12/h2-4,7,13-15H,5-6,8-10H2,1H3. The molecule has 3 aliphatic heterocycles. The molecule has 0 aromatic heterocycles. The maximum absolute atomic E-state index is 12.7. The van der Waals surface area contributed by atoms with Crippen LogP contribution in [0.25, 0.3) is 0 Å². The van der Waals surface area contributed by atoms with Gasteiger partial charge in [0.15, 0.2) is 0 Å². The van der Waals surface area contributed by atoms with Crippen molar-refractivity contribution in [1.29, 1.82) is 0 Å². The summed E-state index contributed by atoms with van der Waals surface area (Å²) in [6.07, 6.45) is 1.36. The summed E-state index contributed by atoms with van der Waals surface area (Å²) in [5, 5.41) is 0.690. The fourth-order valence-electron chi connectivity index (χ4n) is 4.00. The largest absolute Gasteiger partial charge is 0.380 e. The molecule has 3 unspecified atom stereocenters. The van der Waals surface area contributed by atoms with Gasteiger partial charge in [-0.3, -0.25) is 9.69 Å². The third kappa shape index (κ3) is 2.45. The zero-order valence-electron chi connectivity index (χ0n) is 13.5. The van der Waals surface area contributed by atoms with Crippen LogP contribution >= 0.6 is 11.6 Å². The van der Waals surface area contributed by atoms with Gasteiger partial charge in [-0.1, -0.05) is 17.7 Å². The number of carbonyl (C=O) groups is 2. The van der Waals surface area contributed by atoms with Crippen LogP contribution < -0.4 is 4.90 Å². The first-order valence-electron chi connectivity index (χ1n) is 8.25. The van der Waals surface area contributed by atoms with Crippen molar-refractivity contribution in [1.82, 2.24) is 9.80 Å². The van der Waals surface area contributed by atoms with Gasteiger partial charge in [0, 0.05) is 43.9 Å². The molecule has 3 saturated heterocycles. The molecule has 3 fully saturated rings. The number of carbonyl (C=O) groups excluding carboxylic acids is 2. The van der Waals surface area contributed by atoms with Gasteiger partial charge in [-0.05, 0) is 24.6 Å². The van der Waals surface area contributed by atoms with E-state index in [0.29, 0.717) is 24.5 Å². The summed E-state index contributed by atoms with van der Waals surface area (Å²) in [6.45, 7) is 1.98. The minimum absolute atomic E-state index is 0.0309. The second-order valence-electron chi connectivity index (χ2n) is 6.62. The Kier molecular flexibility index (Phi) is 3.89. The zero-order valence-corrected chi connectivity index (χ0v) is 14.3. The summed E-state index contributed by atoms with van der Waals surface area (Å²) in [6, 6.07) is 7.09. The van der Waals surface area contributed by atoms with E-state index in [4.69, 9.17) is 16.3 Å². The number of ether oxygens (including phenoxy) is 1. The number of imide groups is 1. The number of benzene rings is 1. The van der Waals surface area contributed by atoms with Gasteiger partial charge < -0.3 is 14.5 Å². The average molecular weight is 350 g/mol. The minimum Gasteiger partial charge on any atom is -0.380 e. The number of hydrogen-bond donors (Lipinski definition) is 0. The first-order valence-corrected chi connectivity index (χ1v) is 8.63. The van der Waals surface area contributed by atoms with Crippen LogP contribution in [0.2, 0.25) is 5.02 Å². The average Bonchev–Trinajstić information content (AvgIpc) is 3.25. The molecule has 24 heavy (non-hydrogen) atoms. The summed E-state index contributed by atoms with van der Waals surface area (Å²) in [5.74, 6) is -0.0718. The molecule has 0 bridgehead atoms. The van der Waals surface area contributed by atoms with Gasteiger partial charge in [0.1, 0.15) is 6.04 Å². The van der Waals surface area contributed by atoms with E-state index in [0.717, 1.165) is 18.7 Å². The predicted molar refractivity (Wildman–Crippen MR) is 90.2 cm³/mol. The molecule has 0 radical (unpaired) electrons. The zero-order chi connectivity index (χ0) is 16.8. The van der Waals surface area contributed by atoms with Crippen molar-refractivity contribution in [3.8, 4) is 0 Å². The topological polar surface area (TPSA) is 53.1 Å². The molecule has 6 nitrogen and oxygen atoms in total. The maximum atomic E-state index is 12.7. The number of amides is 3. The summed E-state index contributed by atoms with van der Waals surface area (Å²) in [5.41, 5.74) is 1.03. The van der Waals surface area contributed by atoms with Gasteiger partial charge >= 0.3 is 6.03 Å². The third-order valence-electron chi connectivity index (χ3n) is 5.27. The Bertz CT molecular complexity index is 659. The van der Waals surface area contributed by atoms with E-state index in [-0.39, 0.29) is 30.1 Å². The second kappa shape index (κ2) is 5.93. The molecule has 3 heterocycles. The Morgan fingerprint density at radius 1 is 1.25 bits per heavy atom. The number of hydrogen-bond acceptors (Lipinski definition) is 4. The van der Waals surface area contributed by atoms with E-state index in [1.165, 1.54) is 4.90 Å². The van der Waals surface area contributed by atoms with Crippen molar-refractivity contribution in [3.63, 3.8) is 0 Å². The van der Waals surface area contributed by atoms with Crippen LogP contribution in [0.4, 0.5) is 10.5 Å². The lowest BCUT2D eigenvalue weighted by molar-refractivity contribution is -0.129. The highest BCUT2D eigenvalue weighted by atomic mass is 35.5. The van der Waals surface area contributed by atoms with Crippen molar-refractivity contribution in [2.75, 3.05) is 31.6 Å². The van der Waals surface area contributed by atoms with Crippen LogP contribution in [0.1, 0.15) is 12.8 Å². The molecule has 3 aliphatic rings. The van der Waals surface area contributed by atoms with E-state index in [1.807, 2.05) is 24.3 Å². The fourth-order valence-corrected chi connectivity index (χ4v) is 4.19. The van der Waals surface area contributed by atoms with Gasteiger partial charge in [0.2, 0.25) is 0 Å². The van der Waals surface area contributed by atoms with E-state index in [9.17, 15) is 9.59 Å². The van der Waals surface area contributed by atoms with E-state index >= 15 is 0 Å². The van der Waals surface area contributed by atoms with Crippen LogP contribution in [0.3, 0.4) is 0 Å². The van der Waals surface area contributed by atoms with Gasteiger partial charge in [-0.25, -0.2) is 4.79 Å². The molecule has 0 N–H and O–H groups in total. The van der Waals surface area contributed by atoms with E-state index < -0.39 is 0 Å². The van der Waals surface area contributed by atoms with Crippen LogP contribution in [-0.4, -0.2) is 66.7 Å². The van der Waals surface area contributed by atoms with E-state index in [2.05, 4.69) is 4.90 Å². The van der Waals surface area contributed by atoms with Crippen LogP contribution in [-0.2, 0) is 9.53 Å². The molecule has 3 atom stereocenters. The molecule has 128 valence electrons. The Morgan fingerprint density at radius 2 is 2.08 bits per heavy atom. The van der Waals surface area contributed by atoms with Gasteiger partial charge in [0.05, 0.1) is 12.1 Å². The summed E-state index contributed by atoms with van der Waals surface area (Å²) in [7, 11) is 1.62. The smallest absolute Gasteiger partial charge is 0.327 e. The summed E-state index contributed by atoms with van der Waals surface area (Å²) < 4.78 is 5.31. The molecule has 7 heteroatoms. The Balaban J connectivity index is 1.48. The van der Waals surface area contributed by atoms with Crippen LogP contribution in [0, 0.1) is 0 Å². The Morgan fingerprint density at radius 3 is 2.79 bits per heavy atom. The van der Waals surface area contributed by atoms with Crippen molar-refractivity contribution >= 4 is 29.2 Å². The SMILES string of the molecule is COC1CC2C(=O)N(C3CCN(c4cccc(Cl)c4)C3)C(=O)N2C1. The molecule has 1 aromatic rings. The number of urea groups is 1. The minimum atomic E-state index is -0.345. The fraction of sp³-hybridized carbons (Fsp3) is 0.529. The lowest BCUT2D eigenvalue weighted by Gasteiger charge is -2.24. The molecule has 1 aromatic carbocycles. The highest BCUT2D eigenvalue weighted by molar-refractivity contribution is 6.30. The van der Waals surface area contributed by atoms with E-state index in [1.54, 1.807) is 12.0 Å². The number of rotatable bonds is 3.